The van der Waals surface area contributed by atoms with E-state index in [4.69, 9.17) is 16.3 Å². The third kappa shape index (κ3) is 4.61. The quantitative estimate of drug-likeness (QED) is 0.135. The maximum atomic E-state index is 15.6. The molecular weight excluding hydrogens is 526 g/mol. The maximum Gasteiger partial charge on any atom is 0.476 e. The van der Waals surface area contributed by atoms with Gasteiger partial charge in [-0.25, -0.2) is 10.2 Å². The highest BCUT2D eigenvalue weighted by Crippen LogP contribution is 2.46. The lowest BCUT2D eigenvalue weighted by atomic mass is 9.85. The van der Waals surface area contributed by atoms with Gasteiger partial charge < -0.3 is 20.6 Å². The molecule has 0 radical (unpaired) electrons. The molecule has 0 amide bonds. The molecule has 1 atom stereocenters. The summed E-state index contributed by atoms with van der Waals surface area (Å²) >= 11 is 0. The number of methoxy groups -OCH3 is 1. The number of aliphatic hydroxyl groups is 1. The molecule has 0 saturated heterocycles. The average molecular weight is 555 g/mol. The first-order valence-corrected chi connectivity index (χ1v) is 12.4. The van der Waals surface area contributed by atoms with Gasteiger partial charge in [0.1, 0.15) is 17.1 Å². The SMILES string of the molecule is COc1cc(/C(N)=C/N(N)CC2c3cc(C(C)(C)O)c(F)c(-c4ccc(F)cc4)[n+]3C2(F)F)cc2cccnc12. The number of alkyl halides is 2. The average Bonchev–Trinajstić information content (AvgIpc) is 2.90. The van der Waals surface area contributed by atoms with Crippen molar-refractivity contribution in [1.82, 2.24) is 9.99 Å². The van der Waals surface area contributed by atoms with Gasteiger partial charge in [-0.1, -0.05) is 6.07 Å². The number of pyridine rings is 2. The Morgan fingerprint density at radius 1 is 1.18 bits per heavy atom. The molecule has 3 heterocycles. The van der Waals surface area contributed by atoms with Gasteiger partial charge in [0.05, 0.1) is 25.0 Å². The van der Waals surface area contributed by atoms with E-state index in [0.717, 1.165) is 22.5 Å². The third-order valence-corrected chi connectivity index (χ3v) is 6.99. The Kier molecular flexibility index (Phi) is 6.67. The summed E-state index contributed by atoms with van der Waals surface area (Å²) in [5.41, 5.74) is 5.46. The van der Waals surface area contributed by atoms with E-state index in [2.05, 4.69) is 4.98 Å². The molecule has 5 N–H and O–H groups in total. The first-order chi connectivity index (χ1) is 18.8. The number of rotatable bonds is 7. The fourth-order valence-electron chi connectivity index (χ4n) is 4.99. The van der Waals surface area contributed by atoms with Crippen molar-refractivity contribution >= 4 is 16.6 Å². The summed E-state index contributed by atoms with van der Waals surface area (Å²) in [5, 5.41) is 12.4. The van der Waals surface area contributed by atoms with Crippen LogP contribution >= 0.6 is 0 Å². The molecule has 7 nitrogen and oxygen atoms in total. The monoisotopic (exact) mass is 554 g/mol. The van der Waals surface area contributed by atoms with Gasteiger partial charge in [-0.05, 0) is 56.3 Å². The minimum atomic E-state index is -3.55. The largest absolute Gasteiger partial charge is 0.494 e. The Morgan fingerprint density at radius 2 is 1.88 bits per heavy atom. The molecule has 1 aliphatic heterocycles. The van der Waals surface area contributed by atoms with E-state index in [1.165, 1.54) is 45.4 Å². The van der Waals surface area contributed by atoms with Gasteiger partial charge in [-0.2, -0.15) is 4.39 Å². The van der Waals surface area contributed by atoms with Gasteiger partial charge in [0.25, 0.3) is 5.69 Å². The standard InChI is InChI=1S/C29H28F4N5O2/c1-28(2,39)20-13-23-21(29(32,33)38(23)27(25(20)31)16-6-8-19(30)9-7-16)14-37(35)15-22(34)18-11-17-5-4-10-36-26(17)24(12-18)40-3/h4-13,15,21,39H,14,34-35H2,1-3H3/q+1/b22-15-. The minimum absolute atomic E-state index is 0.0397. The summed E-state index contributed by atoms with van der Waals surface area (Å²) in [6, 6.07) is 9.26. The lowest BCUT2D eigenvalue weighted by Gasteiger charge is -2.35. The topological polar surface area (TPSA) is 102 Å². The first kappa shape index (κ1) is 27.4. The van der Waals surface area contributed by atoms with Crippen molar-refractivity contribution in [2.45, 2.75) is 31.4 Å². The molecule has 0 spiro atoms. The van der Waals surface area contributed by atoms with E-state index in [1.807, 2.05) is 6.07 Å². The van der Waals surface area contributed by atoms with E-state index < -0.39 is 34.9 Å². The molecular formula is C29H28F4N5O2+. The van der Waals surface area contributed by atoms with E-state index in [1.54, 1.807) is 24.4 Å². The van der Waals surface area contributed by atoms with E-state index in [0.29, 0.717) is 21.4 Å². The number of hydrogen-bond donors (Lipinski definition) is 3. The van der Waals surface area contributed by atoms with Gasteiger partial charge in [0, 0.05) is 40.5 Å². The number of hydrazine groups is 1. The summed E-state index contributed by atoms with van der Waals surface area (Å²) in [7, 11) is 1.50. The Labute approximate surface area is 227 Å². The highest BCUT2D eigenvalue weighted by Gasteiger charge is 2.67. The van der Waals surface area contributed by atoms with Crippen LogP contribution in [0.3, 0.4) is 0 Å². The summed E-state index contributed by atoms with van der Waals surface area (Å²) in [4.78, 5) is 4.30. The number of aromatic nitrogens is 2. The van der Waals surface area contributed by atoms with Gasteiger partial charge in [-0.3, -0.25) is 4.98 Å². The van der Waals surface area contributed by atoms with Crippen molar-refractivity contribution in [1.29, 1.82) is 0 Å². The number of hydrogen-bond acceptors (Lipinski definition) is 6. The molecule has 40 heavy (non-hydrogen) atoms. The summed E-state index contributed by atoms with van der Waals surface area (Å²) in [6.07, 6.45) is 2.97. The number of halogens is 4. The summed E-state index contributed by atoms with van der Waals surface area (Å²) in [6.45, 7) is 2.34. The fraction of sp³-hybridized carbons (Fsp3) is 0.241. The van der Waals surface area contributed by atoms with E-state index in [9.17, 15) is 9.50 Å². The highest BCUT2D eigenvalue weighted by atomic mass is 19.3. The van der Waals surface area contributed by atoms with Crippen LogP contribution in [0.25, 0.3) is 27.9 Å². The highest BCUT2D eigenvalue weighted by molar-refractivity contribution is 5.88. The number of fused-ring (bicyclic) bond motifs is 2. The second-order valence-corrected chi connectivity index (χ2v) is 10.2. The van der Waals surface area contributed by atoms with Crippen LogP contribution in [0.1, 0.15) is 36.6 Å². The number of nitrogens with zero attached hydrogens (tertiary/aromatic N) is 3. The summed E-state index contributed by atoms with van der Waals surface area (Å²) in [5.74, 6) is 3.54. The zero-order chi connectivity index (χ0) is 29.0. The first-order valence-electron chi connectivity index (χ1n) is 12.4. The Morgan fingerprint density at radius 3 is 2.52 bits per heavy atom. The third-order valence-electron chi connectivity index (χ3n) is 6.99. The van der Waals surface area contributed by atoms with Crippen molar-refractivity contribution < 1.29 is 32.0 Å². The molecule has 0 fully saturated rings. The second-order valence-electron chi connectivity index (χ2n) is 10.2. The van der Waals surface area contributed by atoms with Crippen LogP contribution in [0.15, 0.2) is 67.0 Å². The van der Waals surface area contributed by atoms with E-state index >= 15 is 13.2 Å². The lowest BCUT2D eigenvalue weighted by Crippen LogP contribution is -2.70. The van der Waals surface area contributed by atoms with Crippen molar-refractivity contribution in [3.8, 4) is 17.0 Å². The zero-order valence-corrected chi connectivity index (χ0v) is 22.0. The number of benzene rings is 2. The van der Waals surface area contributed by atoms with Crippen molar-refractivity contribution in [2.24, 2.45) is 11.6 Å². The molecule has 4 aromatic rings. The Balaban J connectivity index is 1.52. The molecule has 0 aliphatic carbocycles. The molecule has 0 saturated carbocycles. The van der Waals surface area contributed by atoms with Crippen LogP contribution in [0.5, 0.6) is 5.75 Å². The maximum absolute atomic E-state index is 15.6. The predicted molar refractivity (Wildman–Crippen MR) is 142 cm³/mol. The summed E-state index contributed by atoms with van der Waals surface area (Å²) < 4.78 is 66.4. The Hall–Kier alpha value is -4.22. The van der Waals surface area contributed by atoms with Gasteiger partial charge in [-0.15, -0.1) is 13.3 Å². The molecule has 11 heteroatoms. The smallest absolute Gasteiger partial charge is 0.476 e. The molecule has 208 valence electrons. The van der Waals surface area contributed by atoms with Crippen molar-refractivity contribution in [3.05, 3.63) is 95.4 Å². The molecule has 2 aromatic carbocycles. The molecule has 1 unspecified atom stereocenters. The van der Waals surface area contributed by atoms with Crippen LogP contribution in [0, 0.1) is 11.6 Å². The van der Waals surface area contributed by atoms with Crippen LogP contribution in [-0.4, -0.2) is 28.8 Å². The van der Waals surface area contributed by atoms with Gasteiger partial charge in [0.2, 0.25) is 11.5 Å². The van der Waals surface area contributed by atoms with Crippen LogP contribution in [-0.2, 0) is 11.6 Å². The van der Waals surface area contributed by atoms with Gasteiger partial charge in [0.15, 0.2) is 5.92 Å². The second kappa shape index (κ2) is 9.76. The van der Waals surface area contributed by atoms with Crippen LogP contribution in [0.4, 0.5) is 17.6 Å². The van der Waals surface area contributed by atoms with Crippen LogP contribution < -0.4 is 20.9 Å². The van der Waals surface area contributed by atoms with Crippen molar-refractivity contribution in [2.75, 3.05) is 13.7 Å². The minimum Gasteiger partial charge on any atom is -0.494 e. The normalized spacial score (nSPS) is 16.4. The molecule has 2 aromatic heterocycles. The van der Waals surface area contributed by atoms with E-state index in [-0.39, 0.29) is 29.1 Å². The Bertz CT molecular complexity index is 1630. The molecule has 1 aliphatic rings. The molecule has 5 rings (SSSR count). The van der Waals surface area contributed by atoms with Crippen LogP contribution in [0.2, 0.25) is 0 Å². The number of ether oxygens (including phenoxy) is 1. The zero-order valence-electron chi connectivity index (χ0n) is 22.0. The van der Waals surface area contributed by atoms with Crippen molar-refractivity contribution in [3.63, 3.8) is 0 Å². The predicted octanol–water partition coefficient (Wildman–Crippen LogP) is 4.48. The fourth-order valence-corrected chi connectivity index (χ4v) is 4.99. The lowest BCUT2D eigenvalue weighted by molar-refractivity contribution is -0.868. The molecule has 0 bridgehead atoms. The van der Waals surface area contributed by atoms with Gasteiger partial charge >= 0.3 is 6.05 Å². The number of nitrogens with two attached hydrogens (primary N) is 2.